The minimum Gasteiger partial charge on any atom is -0.399 e. The molecule has 0 atom stereocenters. The molecule has 1 aromatic carbocycles. The highest BCUT2D eigenvalue weighted by molar-refractivity contribution is 6.07. The van der Waals surface area contributed by atoms with Crippen molar-refractivity contribution in [2.75, 3.05) is 12.3 Å². The molecular weight excluding hydrogens is 254 g/mol. The van der Waals surface area contributed by atoms with E-state index in [-0.39, 0.29) is 12.5 Å². The molecule has 2 rings (SSSR count). The highest BCUT2D eigenvalue weighted by Gasteiger charge is 2.28. The second kappa shape index (κ2) is 5.54. The first kappa shape index (κ1) is 14.4. The number of aromatic nitrogens is 1. The van der Waals surface area contributed by atoms with Gasteiger partial charge < -0.3 is 21.1 Å². The van der Waals surface area contributed by atoms with Gasteiger partial charge in [-0.15, -0.1) is 0 Å². The Bertz CT molecular complexity index is 606. The molecule has 0 saturated carbocycles. The van der Waals surface area contributed by atoms with Crippen molar-refractivity contribution in [2.45, 2.75) is 32.2 Å². The van der Waals surface area contributed by atoms with Gasteiger partial charge in [-0.25, -0.2) is 0 Å². The first-order valence-corrected chi connectivity index (χ1v) is 6.85. The summed E-state index contributed by atoms with van der Waals surface area (Å²) in [7, 11) is 0. The summed E-state index contributed by atoms with van der Waals surface area (Å²) in [5.74, 6) is -0.195. The van der Waals surface area contributed by atoms with Gasteiger partial charge in [0.15, 0.2) is 0 Å². The van der Waals surface area contributed by atoms with Gasteiger partial charge in [-0.1, -0.05) is 13.8 Å². The highest BCUT2D eigenvalue weighted by atomic mass is 16.3. The molecule has 1 aromatic heterocycles. The van der Waals surface area contributed by atoms with Crippen molar-refractivity contribution in [1.29, 1.82) is 0 Å². The molecule has 5 N–H and O–H groups in total. The second-order valence-electron chi connectivity index (χ2n) is 5.11. The number of anilines is 1. The fraction of sp³-hybridized carbons (Fsp3) is 0.400. The van der Waals surface area contributed by atoms with E-state index >= 15 is 0 Å². The van der Waals surface area contributed by atoms with Crippen LogP contribution >= 0.6 is 0 Å². The maximum atomic E-state index is 12.4. The molecule has 0 bridgehead atoms. The third-order valence-electron chi connectivity index (χ3n) is 3.99. The molecule has 0 aliphatic heterocycles. The van der Waals surface area contributed by atoms with E-state index in [1.165, 1.54) is 0 Å². The summed E-state index contributed by atoms with van der Waals surface area (Å²) < 4.78 is 0. The molecule has 5 nitrogen and oxygen atoms in total. The zero-order chi connectivity index (χ0) is 14.8. The third kappa shape index (κ3) is 2.49. The number of H-pyrrole nitrogens is 1. The third-order valence-corrected chi connectivity index (χ3v) is 3.99. The molecule has 0 unspecified atom stereocenters. The Morgan fingerprint density at radius 2 is 2.10 bits per heavy atom. The van der Waals surface area contributed by atoms with Gasteiger partial charge in [-0.3, -0.25) is 4.79 Å². The molecule has 108 valence electrons. The van der Waals surface area contributed by atoms with Crippen LogP contribution in [0.5, 0.6) is 0 Å². The number of aliphatic hydroxyl groups excluding tert-OH is 1. The fourth-order valence-electron chi connectivity index (χ4n) is 2.32. The number of rotatable bonds is 5. The number of hydrogen-bond donors (Lipinski definition) is 4. The number of carbonyl (C=O) groups excluding carboxylic acids is 1. The second-order valence-corrected chi connectivity index (χ2v) is 5.11. The fourth-order valence-corrected chi connectivity index (χ4v) is 2.32. The molecule has 0 aliphatic carbocycles. The SMILES string of the molecule is CCC(CC)(CO)NC(=O)c1c[nH]c2ccc(N)cc12. The van der Waals surface area contributed by atoms with Crippen molar-refractivity contribution in [1.82, 2.24) is 10.3 Å². The van der Waals surface area contributed by atoms with Gasteiger partial charge in [-0.2, -0.15) is 0 Å². The normalized spacial score (nSPS) is 11.8. The highest BCUT2D eigenvalue weighted by Crippen LogP contribution is 2.22. The monoisotopic (exact) mass is 275 g/mol. The summed E-state index contributed by atoms with van der Waals surface area (Å²) in [6, 6.07) is 5.41. The van der Waals surface area contributed by atoms with E-state index in [0.717, 1.165) is 10.9 Å². The van der Waals surface area contributed by atoms with Crippen molar-refractivity contribution in [3.05, 3.63) is 30.0 Å². The Labute approximate surface area is 118 Å². The van der Waals surface area contributed by atoms with Gasteiger partial charge in [0, 0.05) is 22.8 Å². The van der Waals surface area contributed by atoms with E-state index in [0.29, 0.717) is 24.1 Å². The standard InChI is InChI=1S/C15H21N3O2/c1-3-15(4-2,9-19)18-14(20)12-8-17-13-6-5-10(16)7-11(12)13/h5-8,17,19H,3-4,9,16H2,1-2H3,(H,18,20). The maximum Gasteiger partial charge on any atom is 0.253 e. The summed E-state index contributed by atoms with van der Waals surface area (Å²) in [5, 5.41) is 13.3. The van der Waals surface area contributed by atoms with Crippen LogP contribution in [0.15, 0.2) is 24.4 Å². The van der Waals surface area contributed by atoms with Crippen molar-refractivity contribution < 1.29 is 9.90 Å². The van der Waals surface area contributed by atoms with Gasteiger partial charge in [0.05, 0.1) is 17.7 Å². The number of aromatic amines is 1. The van der Waals surface area contributed by atoms with Gasteiger partial charge in [-0.05, 0) is 31.0 Å². The molecule has 1 amide bonds. The van der Waals surface area contributed by atoms with E-state index in [1.807, 2.05) is 19.9 Å². The van der Waals surface area contributed by atoms with Crippen molar-refractivity contribution in [2.24, 2.45) is 0 Å². The van der Waals surface area contributed by atoms with Gasteiger partial charge in [0.1, 0.15) is 0 Å². The molecule has 20 heavy (non-hydrogen) atoms. The Kier molecular flexibility index (Phi) is 3.99. The van der Waals surface area contributed by atoms with E-state index in [4.69, 9.17) is 5.73 Å². The average molecular weight is 275 g/mol. The van der Waals surface area contributed by atoms with Crippen LogP contribution in [0.1, 0.15) is 37.0 Å². The minimum absolute atomic E-state index is 0.0732. The summed E-state index contributed by atoms with van der Waals surface area (Å²) in [4.78, 5) is 15.5. The Hall–Kier alpha value is -2.01. The van der Waals surface area contributed by atoms with Crippen LogP contribution < -0.4 is 11.1 Å². The molecule has 0 saturated heterocycles. The molecule has 1 heterocycles. The van der Waals surface area contributed by atoms with Crippen LogP contribution in [0.2, 0.25) is 0 Å². The average Bonchev–Trinajstić information content (AvgIpc) is 2.88. The number of aliphatic hydroxyl groups is 1. The zero-order valence-corrected chi connectivity index (χ0v) is 11.9. The number of hydrogen-bond acceptors (Lipinski definition) is 3. The largest absolute Gasteiger partial charge is 0.399 e. The maximum absolute atomic E-state index is 12.4. The molecule has 0 radical (unpaired) electrons. The zero-order valence-electron chi connectivity index (χ0n) is 11.9. The molecule has 2 aromatic rings. The first-order chi connectivity index (χ1) is 9.55. The van der Waals surface area contributed by atoms with E-state index < -0.39 is 5.54 Å². The number of benzene rings is 1. The quantitative estimate of drug-likeness (QED) is 0.629. The molecule has 0 fully saturated rings. The van der Waals surface area contributed by atoms with Gasteiger partial charge in [0.25, 0.3) is 5.91 Å². The molecule has 0 spiro atoms. The summed E-state index contributed by atoms with van der Waals surface area (Å²) >= 11 is 0. The molecule has 5 heteroatoms. The summed E-state index contributed by atoms with van der Waals surface area (Å²) in [6.07, 6.45) is 3.03. The molecule has 0 aliphatic rings. The van der Waals surface area contributed by atoms with Crippen LogP contribution in [0.4, 0.5) is 5.69 Å². The first-order valence-electron chi connectivity index (χ1n) is 6.85. The van der Waals surface area contributed by atoms with Crippen LogP contribution in [0.25, 0.3) is 10.9 Å². The van der Waals surface area contributed by atoms with E-state index in [9.17, 15) is 9.90 Å². The Morgan fingerprint density at radius 1 is 1.40 bits per heavy atom. The number of nitrogens with two attached hydrogens (primary N) is 1. The number of carbonyl (C=O) groups is 1. The summed E-state index contributed by atoms with van der Waals surface area (Å²) in [5.41, 5.74) is 7.24. The van der Waals surface area contributed by atoms with E-state index in [2.05, 4.69) is 10.3 Å². The van der Waals surface area contributed by atoms with Crippen molar-refractivity contribution >= 4 is 22.5 Å². The topological polar surface area (TPSA) is 91.1 Å². The van der Waals surface area contributed by atoms with Crippen LogP contribution in [0, 0.1) is 0 Å². The Morgan fingerprint density at radius 3 is 2.70 bits per heavy atom. The van der Waals surface area contributed by atoms with Crippen molar-refractivity contribution in [3.63, 3.8) is 0 Å². The predicted molar refractivity (Wildman–Crippen MR) is 80.6 cm³/mol. The number of nitrogens with one attached hydrogen (secondary N) is 2. The number of amides is 1. The van der Waals surface area contributed by atoms with E-state index in [1.54, 1.807) is 18.3 Å². The minimum atomic E-state index is -0.568. The van der Waals surface area contributed by atoms with Crippen molar-refractivity contribution in [3.8, 4) is 0 Å². The molecular formula is C15H21N3O2. The van der Waals surface area contributed by atoms with Crippen LogP contribution in [0.3, 0.4) is 0 Å². The smallest absolute Gasteiger partial charge is 0.253 e. The predicted octanol–water partition coefficient (Wildman–Crippen LogP) is 2.03. The number of fused-ring (bicyclic) bond motifs is 1. The lowest BCUT2D eigenvalue weighted by atomic mass is 9.93. The van der Waals surface area contributed by atoms with Gasteiger partial charge in [0.2, 0.25) is 0 Å². The van der Waals surface area contributed by atoms with Crippen LogP contribution in [-0.2, 0) is 0 Å². The van der Waals surface area contributed by atoms with Gasteiger partial charge >= 0.3 is 0 Å². The van der Waals surface area contributed by atoms with Crippen LogP contribution in [-0.4, -0.2) is 28.1 Å². The number of nitrogen functional groups attached to an aromatic ring is 1. The lowest BCUT2D eigenvalue weighted by molar-refractivity contribution is 0.0819. The lowest BCUT2D eigenvalue weighted by Gasteiger charge is -2.30. The summed E-state index contributed by atoms with van der Waals surface area (Å²) in [6.45, 7) is 3.83. The lowest BCUT2D eigenvalue weighted by Crippen LogP contribution is -2.50. The Balaban J connectivity index is 2.34.